The van der Waals surface area contributed by atoms with Gasteiger partial charge in [-0.2, -0.15) is 0 Å². The molecule has 1 amide bonds. The molecule has 9 nitrogen and oxygen atoms in total. The van der Waals surface area contributed by atoms with Crippen molar-refractivity contribution in [3.05, 3.63) is 64.7 Å². The number of H-pyrrole nitrogens is 1. The van der Waals surface area contributed by atoms with Crippen molar-refractivity contribution in [1.82, 2.24) is 19.6 Å². The second-order valence-corrected chi connectivity index (χ2v) is 7.76. The molecule has 11 heteroatoms. The average Bonchev–Trinajstić information content (AvgIpc) is 3.18. The van der Waals surface area contributed by atoms with E-state index in [-0.39, 0.29) is 34.3 Å². The summed E-state index contributed by atoms with van der Waals surface area (Å²) >= 11 is 1.09. The maximum absolute atomic E-state index is 14.2. The zero-order valence-electron chi connectivity index (χ0n) is 16.5. The number of thioether (sulfide) groups is 1. The zero-order valence-corrected chi connectivity index (χ0v) is 17.3. The summed E-state index contributed by atoms with van der Waals surface area (Å²) in [7, 11) is 0. The number of hydrogen-bond donors (Lipinski definition) is 2. The van der Waals surface area contributed by atoms with Gasteiger partial charge in [-0.05, 0) is 24.3 Å². The molecule has 2 aromatic heterocycles. The lowest BCUT2D eigenvalue weighted by Gasteiger charge is -2.19. The minimum atomic E-state index is -0.484. The van der Waals surface area contributed by atoms with Gasteiger partial charge in [-0.3, -0.25) is 14.7 Å². The van der Waals surface area contributed by atoms with Gasteiger partial charge in [0.05, 0.1) is 11.3 Å². The van der Waals surface area contributed by atoms with Crippen LogP contribution in [0.5, 0.6) is 11.5 Å². The van der Waals surface area contributed by atoms with Crippen LogP contribution in [-0.4, -0.2) is 44.5 Å². The number of rotatable bonds is 5. The van der Waals surface area contributed by atoms with Crippen molar-refractivity contribution in [1.29, 1.82) is 0 Å². The van der Waals surface area contributed by atoms with Crippen molar-refractivity contribution < 1.29 is 18.7 Å². The van der Waals surface area contributed by atoms with Gasteiger partial charge < -0.3 is 14.8 Å². The number of amides is 1. The van der Waals surface area contributed by atoms with Crippen molar-refractivity contribution in [2.45, 2.75) is 5.16 Å². The maximum Gasteiger partial charge on any atom is 0.266 e. The third-order valence-corrected chi connectivity index (χ3v) is 5.54. The number of fused-ring (bicyclic) bond motifs is 2. The summed E-state index contributed by atoms with van der Waals surface area (Å²) in [6.45, 7) is 0.933. The van der Waals surface area contributed by atoms with Gasteiger partial charge in [-0.15, -0.1) is 0 Å². The normalized spacial score (nSPS) is 12.7. The van der Waals surface area contributed by atoms with Crippen molar-refractivity contribution in [3.8, 4) is 22.9 Å². The van der Waals surface area contributed by atoms with E-state index in [0.29, 0.717) is 35.6 Å². The highest BCUT2D eigenvalue weighted by Gasteiger charge is 2.16. The molecule has 0 spiro atoms. The molecule has 0 aliphatic carbocycles. The molecule has 32 heavy (non-hydrogen) atoms. The molecule has 0 bridgehead atoms. The molecule has 0 radical (unpaired) electrons. The lowest BCUT2D eigenvalue weighted by molar-refractivity contribution is -0.113. The van der Waals surface area contributed by atoms with E-state index >= 15 is 0 Å². The van der Waals surface area contributed by atoms with Crippen LogP contribution in [0.15, 0.2) is 58.5 Å². The fourth-order valence-corrected chi connectivity index (χ4v) is 3.94. The molecule has 0 atom stereocenters. The van der Waals surface area contributed by atoms with Crippen molar-refractivity contribution >= 4 is 29.0 Å². The summed E-state index contributed by atoms with van der Waals surface area (Å²) < 4.78 is 26.6. The lowest BCUT2D eigenvalue weighted by atomic mass is 10.2. The van der Waals surface area contributed by atoms with Crippen LogP contribution in [0.3, 0.4) is 0 Å². The van der Waals surface area contributed by atoms with Crippen molar-refractivity contribution in [3.63, 3.8) is 0 Å². The molecule has 0 unspecified atom stereocenters. The third-order valence-electron chi connectivity index (χ3n) is 4.60. The molecule has 0 fully saturated rings. The van der Waals surface area contributed by atoms with Gasteiger partial charge in [0.15, 0.2) is 28.1 Å². The Hall–Kier alpha value is -3.86. The summed E-state index contributed by atoms with van der Waals surface area (Å²) in [6, 6.07) is 12.5. The minimum Gasteiger partial charge on any atom is -0.486 e. The van der Waals surface area contributed by atoms with E-state index in [4.69, 9.17) is 9.47 Å². The number of nitrogens with zero attached hydrogens (tertiary/aromatic N) is 3. The smallest absolute Gasteiger partial charge is 0.266 e. The first-order chi connectivity index (χ1) is 15.6. The zero-order chi connectivity index (χ0) is 22.1. The Labute approximate surface area is 184 Å². The predicted molar refractivity (Wildman–Crippen MR) is 116 cm³/mol. The molecule has 1 aliphatic rings. The van der Waals surface area contributed by atoms with Crippen molar-refractivity contribution in [2.75, 3.05) is 24.3 Å². The molecular formula is C21H16FN5O4S. The van der Waals surface area contributed by atoms with E-state index < -0.39 is 5.82 Å². The number of aromatic nitrogens is 4. The monoisotopic (exact) mass is 453 g/mol. The first-order valence-electron chi connectivity index (χ1n) is 9.64. The number of ether oxygens (including phenoxy) is 2. The van der Waals surface area contributed by atoms with Gasteiger partial charge in [0.2, 0.25) is 5.91 Å². The largest absolute Gasteiger partial charge is 0.486 e. The van der Waals surface area contributed by atoms with Crippen LogP contribution >= 0.6 is 11.8 Å². The number of anilines is 1. The number of benzene rings is 2. The summed E-state index contributed by atoms with van der Waals surface area (Å²) in [5.74, 6) is 0.541. The van der Waals surface area contributed by atoms with Crippen LogP contribution in [0.2, 0.25) is 0 Å². The molecule has 5 rings (SSSR count). The van der Waals surface area contributed by atoms with Gasteiger partial charge in [-0.25, -0.2) is 18.9 Å². The fourth-order valence-electron chi connectivity index (χ4n) is 3.19. The number of halogens is 1. The first kappa shape index (κ1) is 20.1. The predicted octanol–water partition coefficient (Wildman–Crippen LogP) is 2.73. The van der Waals surface area contributed by atoms with Gasteiger partial charge in [0.25, 0.3) is 5.56 Å². The minimum absolute atomic E-state index is 0.00250. The van der Waals surface area contributed by atoms with E-state index in [2.05, 4.69) is 20.4 Å². The van der Waals surface area contributed by atoms with Gasteiger partial charge in [0.1, 0.15) is 19.0 Å². The van der Waals surface area contributed by atoms with Crippen LogP contribution in [0.4, 0.5) is 10.1 Å². The molecule has 1 aliphatic heterocycles. The average molecular weight is 453 g/mol. The summed E-state index contributed by atoms with van der Waals surface area (Å²) in [6.07, 6.45) is 0. The number of carbonyl (C=O) groups is 1. The number of hydrogen-bond acceptors (Lipinski definition) is 7. The van der Waals surface area contributed by atoms with Gasteiger partial charge in [-0.1, -0.05) is 23.9 Å². The van der Waals surface area contributed by atoms with Crippen LogP contribution < -0.4 is 20.3 Å². The Balaban J connectivity index is 1.37. The number of aromatic amines is 1. The number of carbonyl (C=O) groups excluding carboxylic acids is 1. The third kappa shape index (κ3) is 4.02. The van der Waals surface area contributed by atoms with E-state index in [9.17, 15) is 14.0 Å². The summed E-state index contributed by atoms with van der Waals surface area (Å²) in [4.78, 5) is 33.0. The topological polar surface area (TPSA) is 111 Å². The highest BCUT2D eigenvalue weighted by Crippen LogP contribution is 2.32. The summed E-state index contributed by atoms with van der Waals surface area (Å²) in [5, 5.41) is 5.68. The lowest BCUT2D eigenvalue weighted by Crippen LogP contribution is -2.17. The second kappa shape index (κ2) is 8.35. The van der Waals surface area contributed by atoms with Gasteiger partial charge >= 0.3 is 0 Å². The molecular weight excluding hydrogens is 437 g/mol. The van der Waals surface area contributed by atoms with E-state index in [1.807, 2.05) is 0 Å². The van der Waals surface area contributed by atoms with Crippen LogP contribution in [0.1, 0.15) is 0 Å². The first-order valence-corrected chi connectivity index (χ1v) is 10.6. The van der Waals surface area contributed by atoms with Crippen LogP contribution in [-0.2, 0) is 4.79 Å². The highest BCUT2D eigenvalue weighted by molar-refractivity contribution is 7.99. The molecule has 0 saturated carbocycles. The fraction of sp³-hybridized carbons (Fsp3) is 0.143. The Morgan fingerprint density at radius 2 is 1.94 bits per heavy atom. The second-order valence-electron chi connectivity index (χ2n) is 6.82. The Bertz CT molecular complexity index is 1390. The molecule has 3 heterocycles. The van der Waals surface area contributed by atoms with Crippen LogP contribution in [0.25, 0.3) is 17.0 Å². The Morgan fingerprint density at radius 3 is 2.78 bits per heavy atom. The van der Waals surface area contributed by atoms with Crippen LogP contribution in [0, 0.1) is 5.82 Å². The quantitative estimate of drug-likeness (QED) is 0.447. The molecule has 2 aromatic carbocycles. The molecule has 0 saturated heterocycles. The van der Waals surface area contributed by atoms with Crippen molar-refractivity contribution in [2.24, 2.45) is 0 Å². The standard InChI is InChI=1S/C21H16FN5O4S/c22-14-4-2-1-3-13(14)20-24-17-10-18(28)26-27(17)21(25-20)32-11-19(29)23-12-5-6-15-16(9-12)31-8-7-30-15/h1-6,9-10H,7-8,11H2,(H,23,29)(H,26,28). The van der Waals surface area contributed by atoms with E-state index in [1.54, 1.807) is 36.4 Å². The number of nitrogens with one attached hydrogen (secondary N) is 2. The Kier molecular flexibility index (Phi) is 5.23. The van der Waals surface area contributed by atoms with Gasteiger partial charge in [0, 0.05) is 17.8 Å². The molecule has 2 N–H and O–H groups in total. The molecule has 162 valence electrons. The maximum atomic E-state index is 14.2. The van der Waals surface area contributed by atoms with E-state index in [0.717, 1.165) is 11.8 Å². The van der Waals surface area contributed by atoms with E-state index in [1.165, 1.54) is 16.6 Å². The molecule has 4 aromatic rings. The SMILES string of the molecule is O=C(CSc1nc(-c2ccccc2F)nc2cc(=O)[nH]n12)Nc1ccc2c(c1)OCCO2. The summed E-state index contributed by atoms with van der Waals surface area (Å²) in [5.41, 5.74) is 0.658. The highest BCUT2D eigenvalue weighted by atomic mass is 32.2. The Morgan fingerprint density at radius 1 is 1.12 bits per heavy atom.